The quantitative estimate of drug-likeness (QED) is 0.499. The van der Waals surface area contributed by atoms with Crippen molar-refractivity contribution in [1.29, 1.82) is 0 Å². The summed E-state index contributed by atoms with van der Waals surface area (Å²) in [6, 6.07) is 15.4. The molecule has 0 radical (unpaired) electrons. The lowest BCUT2D eigenvalue weighted by atomic mass is 9.97. The van der Waals surface area contributed by atoms with E-state index in [2.05, 4.69) is 17.3 Å². The van der Waals surface area contributed by atoms with Crippen molar-refractivity contribution in [3.8, 4) is 11.3 Å². The minimum atomic E-state index is -3.54. The third kappa shape index (κ3) is 4.86. The van der Waals surface area contributed by atoms with Crippen LogP contribution in [0, 0.1) is 0 Å². The zero-order valence-corrected chi connectivity index (χ0v) is 18.3. The Morgan fingerprint density at radius 2 is 1.77 bits per heavy atom. The third-order valence-electron chi connectivity index (χ3n) is 5.08. The van der Waals surface area contributed by atoms with Gasteiger partial charge in [0.25, 0.3) is 0 Å². The van der Waals surface area contributed by atoms with Crippen molar-refractivity contribution in [2.75, 3.05) is 5.75 Å². The summed E-state index contributed by atoms with van der Waals surface area (Å²) in [6.07, 6.45) is 9.65. The first-order valence-corrected chi connectivity index (χ1v) is 12.0. The van der Waals surface area contributed by atoms with Crippen molar-refractivity contribution in [3.05, 3.63) is 89.6 Å². The first kappa shape index (κ1) is 21.3. The van der Waals surface area contributed by atoms with Crippen molar-refractivity contribution < 1.29 is 13.2 Å². The molecule has 5 nitrogen and oxygen atoms in total. The van der Waals surface area contributed by atoms with E-state index in [0.29, 0.717) is 10.7 Å². The van der Waals surface area contributed by atoms with Crippen LogP contribution in [0.5, 0.6) is 0 Å². The zero-order chi connectivity index (χ0) is 21.8. The Bertz CT molecular complexity index is 1260. The first-order valence-electron chi connectivity index (χ1n) is 9.98. The largest absolute Gasteiger partial charge is 0.273 e. The van der Waals surface area contributed by atoms with E-state index in [-0.39, 0.29) is 23.0 Å². The van der Waals surface area contributed by atoms with E-state index in [1.807, 2.05) is 18.2 Å². The van der Waals surface area contributed by atoms with E-state index in [4.69, 9.17) is 11.6 Å². The van der Waals surface area contributed by atoms with Crippen molar-refractivity contribution in [1.82, 2.24) is 9.78 Å². The average molecular weight is 453 g/mol. The summed E-state index contributed by atoms with van der Waals surface area (Å²) in [5.41, 5.74) is 3.32. The summed E-state index contributed by atoms with van der Waals surface area (Å²) in [5, 5.41) is 5.13. The molecule has 1 aromatic heterocycles. The highest BCUT2D eigenvalue weighted by Gasteiger charge is 2.21. The SMILES string of the molecule is O=C(CCS(=O)(=O)c1ccccc1)n1cc(C2=CCCC=C2)c(-c2ccc(Cl)cc2)n1. The molecule has 1 aliphatic rings. The summed E-state index contributed by atoms with van der Waals surface area (Å²) >= 11 is 6.02. The smallest absolute Gasteiger partial charge is 0.247 e. The van der Waals surface area contributed by atoms with Gasteiger partial charge in [-0.25, -0.2) is 13.1 Å². The number of aromatic nitrogens is 2. The molecule has 158 valence electrons. The van der Waals surface area contributed by atoms with Crippen molar-refractivity contribution >= 4 is 32.9 Å². The van der Waals surface area contributed by atoms with Crippen LogP contribution < -0.4 is 0 Å². The van der Waals surface area contributed by atoms with Crippen LogP contribution in [0.3, 0.4) is 0 Å². The second-order valence-corrected chi connectivity index (χ2v) is 9.80. The molecule has 0 saturated carbocycles. The number of carbonyl (C=O) groups is 1. The van der Waals surface area contributed by atoms with Crippen LogP contribution in [0.1, 0.15) is 29.6 Å². The second kappa shape index (κ2) is 9.04. The molecule has 0 aliphatic heterocycles. The minimum absolute atomic E-state index is 0.159. The molecule has 1 heterocycles. The standard InChI is InChI=1S/C24H21ClN2O3S/c25-20-13-11-19(12-14-20)24-22(18-7-3-1-4-8-18)17-27(26-24)23(28)15-16-31(29,30)21-9-5-2-6-10-21/h2-3,5-14,17H,1,4,15-16H2. The zero-order valence-electron chi connectivity index (χ0n) is 16.7. The Morgan fingerprint density at radius 1 is 1.03 bits per heavy atom. The molecule has 1 aliphatic carbocycles. The number of allylic oxidation sites excluding steroid dienone is 4. The summed E-state index contributed by atoms with van der Waals surface area (Å²) < 4.78 is 26.3. The Labute approximate surface area is 186 Å². The fourth-order valence-electron chi connectivity index (χ4n) is 3.43. The number of carbonyl (C=O) groups excluding carboxylic acids is 1. The number of halogens is 1. The molecule has 0 amide bonds. The molecule has 4 rings (SSSR count). The Balaban J connectivity index is 1.62. The van der Waals surface area contributed by atoms with Gasteiger partial charge in [0.15, 0.2) is 9.84 Å². The minimum Gasteiger partial charge on any atom is -0.273 e. The van der Waals surface area contributed by atoms with E-state index in [1.54, 1.807) is 36.5 Å². The molecule has 0 spiro atoms. The Hall–Kier alpha value is -2.96. The molecule has 0 unspecified atom stereocenters. The van der Waals surface area contributed by atoms with Gasteiger partial charge in [0, 0.05) is 28.8 Å². The Morgan fingerprint density at radius 3 is 2.45 bits per heavy atom. The maximum atomic E-state index is 12.8. The van der Waals surface area contributed by atoms with Gasteiger partial charge in [-0.3, -0.25) is 4.79 Å². The third-order valence-corrected chi connectivity index (χ3v) is 7.06. The van der Waals surface area contributed by atoms with Gasteiger partial charge in [-0.1, -0.05) is 60.2 Å². The predicted octanol–water partition coefficient (Wildman–Crippen LogP) is 5.44. The van der Waals surface area contributed by atoms with Crippen LogP contribution in [-0.2, 0) is 9.84 Å². The molecule has 0 N–H and O–H groups in total. The van der Waals surface area contributed by atoms with Gasteiger partial charge in [0.05, 0.1) is 10.6 Å². The Kier molecular flexibility index (Phi) is 6.20. The van der Waals surface area contributed by atoms with E-state index < -0.39 is 9.84 Å². The summed E-state index contributed by atoms with van der Waals surface area (Å²) in [7, 11) is -3.54. The predicted molar refractivity (Wildman–Crippen MR) is 123 cm³/mol. The van der Waals surface area contributed by atoms with Gasteiger partial charge in [-0.2, -0.15) is 5.10 Å². The summed E-state index contributed by atoms with van der Waals surface area (Å²) in [4.78, 5) is 13.0. The van der Waals surface area contributed by atoms with Gasteiger partial charge in [0.1, 0.15) is 5.69 Å². The molecule has 0 saturated heterocycles. The van der Waals surface area contributed by atoms with E-state index in [0.717, 1.165) is 29.5 Å². The molecule has 31 heavy (non-hydrogen) atoms. The maximum absolute atomic E-state index is 12.8. The van der Waals surface area contributed by atoms with E-state index in [1.165, 1.54) is 16.8 Å². The highest BCUT2D eigenvalue weighted by atomic mass is 35.5. The molecule has 7 heteroatoms. The highest BCUT2D eigenvalue weighted by molar-refractivity contribution is 7.91. The van der Waals surface area contributed by atoms with Crippen molar-refractivity contribution in [2.45, 2.75) is 24.2 Å². The monoisotopic (exact) mass is 452 g/mol. The number of rotatable bonds is 6. The molecule has 0 bridgehead atoms. The van der Waals surface area contributed by atoms with Crippen LogP contribution in [0.4, 0.5) is 0 Å². The summed E-state index contributed by atoms with van der Waals surface area (Å²) in [6.45, 7) is 0. The first-order chi connectivity index (χ1) is 14.9. The molecular weight excluding hydrogens is 432 g/mol. The highest BCUT2D eigenvalue weighted by Crippen LogP contribution is 2.31. The van der Waals surface area contributed by atoms with Crippen LogP contribution in [-0.4, -0.2) is 29.9 Å². The lowest BCUT2D eigenvalue weighted by molar-refractivity contribution is 0.0894. The molecule has 2 aromatic carbocycles. The van der Waals surface area contributed by atoms with Crippen LogP contribution in [0.15, 0.2) is 83.9 Å². The van der Waals surface area contributed by atoms with Gasteiger partial charge < -0.3 is 0 Å². The average Bonchev–Trinajstić information content (AvgIpc) is 3.25. The van der Waals surface area contributed by atoms with Gasteiger partial charge in [0.2, 0.25) is 5.91 Å². The lowest BCUT2D eigenvalue weighted by Gasteiger charge is -2.07. The van der Waals surface area contributed by atoms with Crippen LogP contribution >= 0.6 is 11.6 Å². The van der Waals surface area contributed by atoms with Crippen LogP contribution in [0.2, 0.25) is 5.02 Å². The van der Waals surface area contributed by atoms with Crippen molar-refractivity contribution in [2.24, 2.45) is 0 Å². The van der Waals surface area contributed by atoms with Crippen molar-refractivity contribution in [3.63, 3.8) is 0 Å². The van der Waals surface area contributed by atoms with Gasteiger partial charge in [-0.15, -0.1) is 0 Å². The summed E-state index contributed by atoms with van der Waals surface area (Å²) in [5.74, 6) is -0.648. The molecular formula is C24H21ClN2O3S. The molecule has 3 aromatic rings. The normalized spacial score (nSPS) is 13.8. The van der Waals surface area contributed by atoms with E-state index in [9.17, 15) is 13.2 Å². The number of benzene rings is 2. The van der Waals surface area contributed by atoms with E-state index >= 15 is 0 Å². The molecule has 0 atom stereocenters. The molecule has 0 fully saturated rings. The second-order valence-electron chi connectivity index (χ2n) is 7.26. The fraction of sp³-hybridized carbons (Fsp3) is 0.167. The van der Waals surface area contributed by atoms with Crippen LogP contribution in [0.25, 0.3) is 16.8 Å². The van der Waals surface area contributed by atoms with Gasteiger partial charge in [-0.05, 0) is 42.7 Å². The van der Waals surface area contributed by atoms with Gasteiger partial charge >= 0.3 is 0 Å². The number of sulfone groups is 1. The maximum Gasteiger partial charge on any atom is 0.247 e. The topological polar surface area (TPSA) is 69.0 Å². The number of hydrogen-bond acceptors (Lipinski definition) is 4. The number of nitrogens with zero attached hydrogens (tertiary/aromatic N) is 2. The lowest BCUT2D eigenvalue weighted by Crippen LogP contribution is -2.17. The number of hydrogen-bond donors (Lipinski definition) is 0. The fourth-order valence-corrected chi connectivity index (χ4v) is 4.81.